The maximum Gasteiger partial charge on any atom is 0.405 e. The molecule has 0 unspecified atom stereocenters. The Labute approximate surface area is 142 Å². The van der Waals surface area contributed by atoms with Crippen LogP contribution in [0.5, 0.6) is 5.75 Å². The zero-order chi connectivity index (χ0) is 17.2. The fourth-order valence-electron chi connectivity index (χ4n) is 3.44. The summed E-state index contributed by atoms with van der Waals surface area (Å²) in [6.07, 6.45) is 1.08. The van der Waals surface area contributed by atoms with Crippen LogP contribution in [-0.2, 0) is 9.47 Å². The molecule has 3 nitrogen and oxygen atoms in total. The predicted molar refractivity (Wildman–Crippen MR) is 87.2 cm³/mol. The van der Waals surface area contributed by atoms with Gasteiger partial charge in [0, 0.05) is 0 Å². The van der Waals surface area contributed by atoms with Crippen molar-refractivity contribution in [2.24, 2.45) is 11.8 Å². The van der Waals surface area contributed by atoms with E-state index in [1.54, 1.807) is 19.1 Å². The third-order valence-corrected chi connectivity index (χ3v) is 5.16. The van der Waals surface area contributed by atoms with Crippen molar-refractivity contribution in [1.82, 2.24) is 0 Å². The van der Waals surface area contributed by atoms with Crippen LogP contribution in [0.25, 0.3) is 0 Å². The number of benzene rings is 1. The molecule has 24 heavy (non-hydrogen) atoms. The summed E-state index contributed by atoms with van der Waals surface area (Å²) < 4.78 is 43.7. The number of alkyl halides is 2. The van der Waals surface area contributed by atoms with E-state index in [4.69, 9.17) is 14.2 Å². The van der Waals surface area contributed by atoms with Crippen molar-refractivity contribution < 1.29 is 23.0 Å². The average molecular weight is 340 g/mol. The van der Waals surface area contributed by atoms with Gasteiger partial charge in [0.15, 0.2) is 6.29 Å². The Kier molecular flexibility index (Phi) is 5.40. The first-order chi connectivity index (χ1) is 11.4. The normalized spacial score (nSPS) is 31.7. The van der Waals surface area contributed by atoms with Crippen LogP contribution in [0.3, 0.4) is 0 Å². The maximum absolute atomic E-state index is 14.2. The summed E-state index contributed by atoms with van der Waals surface area (Å²) in [4.78, 5) is 0. The molecule has 2 aliphatic rings. The summed E-state index contributed by atoms with van der Waals surface area (Å²) in [6, 6.07) is 7.13. The molecule has 1 heterocycles. The molecule has 0 bridgehead atoms. The summed E-state index contributed by atoms with van der Waals surface area (Å²) in [5.74, 6) is 0.433. The largest absolute Gasteiger partial charge is 0.432 e. The first-order valence-electron chi connectivity index (χ1n) is 8.84. The molecule has 2 fully saturated rings. The standard InChI is InChI=1S/C19H26F2O3/c1-13-3-5-15(6-4-13)16-7-9-18(10-8-16)24-19(20,21)17-11-22-14(2)23-12-17/h7-10,13-15,17H,3-6,11-12H2,1-2H3. The van der Waals surface area contributed by atoms with Crippen molar-refractivity contribution in [2.75, 3.05) is 13.2 Å². The third-order valence-electron chi connectivity index (χ3n) is 5.16. The Bertz CT molecular complexity index is 516. The predicted octanol–water partition coefficient (Wildman–Crippen LogP) is 4.96. The van der Waals surface area contributed by atoms with E-state index >= 15 is 0 Å². The molecule has 0 atom stereocenters. The van der Waals surface area contributed by atoms with Crippen LogP contribution >= 0.6 is 0 Å². The molecule has 1 saturated heterocycles. The highest BCUT2D eigenvalue weighted by molar-refractivity contribution is 5.30. The van der Waals surface area contributed by atoms with Gasteiger partial charge in [-0.05, 0) is 49.3 Å². The molecule has 3 rings (SSSR count). The van der Waals surface area contributed by atoms with Crippen molar-refractivity contribution in [2.45, 2.75) is 57.8 Å². The van der Waals surface area contributed by atoms with Gasteiger partial charge in [0.1, 0.15) is 11.7 Å². The molecule has 5 heteroatoms. The van der Waals surface area contributed by atoms with E-state index in [9.17, 15) is 8.78 Å². The smallest absolute Gasteiger partial charge is 0.405 e. The summed E-state index contributed by atoms with van der Waals surface area (Å²) in [6.45, 7) is 3.85. The van der Waals surface area contributed by atoms with Crippen LogP contribution in [0.1, 0.15) is 51.0 Å². The Balaban J connectivity index is 1.59. The van der Waals surface area contributed by atoms with E-state index in [0.29, 0.717) is 5.92 Å². The highest BCUT2D eigenvalue weighted by atomic mass is 19.3. The van der Waals surface area contributed by atoms with Crippen molar-refractivity contribution in [3.63, 3.8) is 0 Å². The zero-order valence-corrected chi connectivity index (χ0v) is 14.3. The van der Waals surface area contributed by atoms with Gasteiger partial charge in [-0.3, -0.25) is 0 Å². The molecule has 1 aromatic carbocycles. The van der Waals surface area contributed by atoms with E-state index in [1.807, 2.05) is 12.1 Å². The molecule has 134 valence electrons. The summed E-state index contributed by atoms with van der Waals surface area (Å²) in [7, 11) is 0. The number of hydrogen-bond acceptors (Lipinski definition) is 3. The van der Waals surface area contributed by atoms with Gasteiger partial charge >= 0.3 is 6.11 Å². The SMILES string of the molecule is CC1CCC(c2ccc(OC(F)(F)C3COC(C)OC3)cc2)CC1. The molecular weight excluding hydrogens is 314 g/mol. The molecule has 1 aromatic rings. The lowest BCUT2D eigenvalue weighted by atomic mass is 9.79. The van der Waals surface area contributed by atoms with Crippen LogP contribution < -0.4 is 4.74 Å². The molecular formula is C19H26F2O3. The van der Waals surface area contributed by atoms with Gasteiger partial charge < -0.3 is 14.2 Å². The maximum atomic E-state index is 14.2. The molecule has 1 saturated carbocycles. The molecule has 0 spiro atoms. The van der Waals surface area contributed by atoms with Crippen molar-refractivity contribution >= 4 is 0 Å². The second-order valence-electron chi connectivity index (χ2n) is 7.12. The van der Waals surface area contributed by atoms with E-state index in [1.165, 1.54) is 31.2 Å². The van der Waals surface area contributed by atoms with Crippen LogP contribution in [0.4, 0.5) is 8.78 Å². The molecule has 0 radical (unpaired) electrons. The number of ether oxygens (including phenoxy) is 3. The number of rotatable bonds is 4. The van der Waals surface area contributed by atoms with Gasteiger partial charge in [-0.2, -0.15) is 8.78 Å². The monoisotopic (exact) mass is 340 g/mol. The second kappa shape index (κ2) is 7.36. The minimum absolute atomic E-state index is 0.0630. The fraction of sp³-hybridized carbons (Fsp3) is 0.684. The molecule has 0 N–H and O–H groups in total. The summed E-state index contributed by atoms with van der Waals surface area (Å²) >= 11 is 0. The van der Waals surface area contributed by atoms with Gasteiger partial charge in [-0.25, -0.2) is 0 Å². The number of halogens is 2. The first kappa shape index (κ1) is 17.6. The van der Waals surface area contributed by atoms with Gasteiger partial charge in [-0.1, -0.05) is 31.9 Å². The fourth-order valence-corrected chi connectivity index (χ4v) is 3.44. The topological polar surface area (TPSA) is 27.7 Å². The van der Waals surface area contributed by atoms with Gasteiger partial charge in [-0.15, -0.1) is 0 Å². The van der Waals surface area contributed by atoms with E-state index < -0.39 is 18.3 Å². The molecule has 0 aromatic heterocycles. The quantitative estimate of drug-likeness (QED) is 0.775. The highest BCUT2D eigenvalue weighted by Gasteiger charge is 2.45. The van der Waals surface area contributed by atoms with E-state index in [2.05, 4.69) is 6.92 Å². The zero-order valence-electron chi connectivity index (χ0n) is 14.3. The molecule has 0 amide bonds. The van der Waals surface area contributed by atoms with Crippen LogP contribution in [0.2, 0.25) is 0 Å². The van der Waals surface area contributed by atoms with Crippen LogP contribution in [0.15, 0.2) is 24.3 Å². The molecule has 1 aliphatic carbocycles. The van der Waals surface area contributed by atoms with Crippen molar-refractivity contribution in [1.29, 1.82) is 0 Å². The first-order valence-corrected chi connectivity index (χ1v) is 8.84. The second-order valence-corrected chi connectivity index (χ2v) is 7.12. The van der Waals surface area contributed by atoms with Crippen LogP contribution in [-0.4, -0.2) is 25.6 Å². The Morgan fingerprint density at radius 1 is 0.958 bits per heavy atom. The lowest BCUT2D eigenvalue weighted by molar-refractivity contribution is -0.286. The van der Waals surface area contributed by atoms with Crippen molar-refractivity contribution in [3.8, 4) is 5.75 Å². The average Bonchev–Trinajstić information content (AvgIpc) is 2.56. The summed E-state index contributed by atoms with van der Waals surface area (Å²) in [5, 5.41) is 0. The molecule has 1 aliphatic heterocycles. The Morgan fingerprint density at radius 3 is 2.12 bits per heavy atom. The van der Waals surface area contributed by atoms with Gasteiger partial charge in [0.05, 0.1) is 13.2 Å². The third kappa shape index (κ3) is 4.25. The number of hydrogen-bond donors (Lipinski definition) is 0. The Hall–Kier alpha value is -1.20. The van der Waals surface area contributed by atoms with Gasteiger partial charge in [0.25, 0.3) is 0 Å². The minimum atomic E-state index is -3.30. The van der Waals surface area contributed by atoms with E-state index in [0.717, 1.165) is 5.92 Å². The van der Waals surface area contributed by atoms with Gasteiger partial charge in [0.2, 0.25) is 0 Å². The van der Waals surface area contributed by atoms with E-state index in [-0.39, 0.29) is 19.0 Å². The van der Waals surface area contributed by atoms with Crippen LogP contribution in [0, 0.1) is 11.8 Å². The minimum Gasteiger partial charge on any atom is -0.432 e. The lowest BCUT2D eigenvalue weighted by Crippen LogP contribution is -2.44. The van der Waals surface area contributed by atoms with Crippen molar-refractivity contribution in [3.05, 3.63) is 29.8 Å². The summed E-state index contributed by atoms with van der Waals surface area (Å²) in [5.41, 5.74) is 1.22. The Morgan fingerprint density at radius 2 is 1.54 bits per heavy atom. The lowest BCUT2D eigenvalue weighted by Gasteiger charge is -2.32. The highest BCUT2D eigenvalue weighted by Crippen LogP contribution is 2.37.